The Labute approximate surface area is 256 Å². The summed E-state index contributed by atoms with van der Waals surface area (Å²) in [6, 6.07) is 1.44. The lowest BCUT2D eigenvalue weighted by molar-refractivity contribution is -0.271. The van der Waals surface area contributed by atoms with Gasteiger partial charge in [-0.2, -0.15) is 0 Å². The van der Waals surface area contributed by atoms with E-state index in [4.69, 9.17) is 19.2 Å². The number of anilines is 1. The summed E-state index contributed by atoms with van der Waals surface area (Å²) in [6.07, 6.45) is 5.60. The van der Waals surface area contributed by atoms with E-state index in [0.29, 0.717) is 58.0 Å². The lowest BCUT2D eigenvalue weighted by Gasteiger charge is -2.40. The van der Waals surface area contributed by atoms with Crippen molar-refractivity contribution in [1.82, 2.24) is 24.7 Å². The molecule has 240 valence electrons. The molecule has 4 aliphatic rings. The highest BCUT2D eigenvalue weighted by atomic mass is 19.1. The third kappa shape index (κ3) is 6.27. The highest BCUT2D eigenvalue weighted by Gasteiger charge is 2.47. The average Bonchev–Trinajstić information content (AvgIpc) is 3.53. The van der Waals surface area contributed by atoms with Gasteiger partial charge in [-0.05, 0) is 38.8 Å². The fraction of sp³-hybridized carbons (Fsp3) is 0.677. The summed E-state index contributed by atoms with van der Waals surface area (Å²) in [5, 5.41) is 3.32. The number of ether oxygens (including phenoxy) is 3. The molecule has 1 N–H and O–H groups in total. The number of amides is 4. The van der Waals surface area contributed by atoms with E-state index in [1.807, 2.05) is 26.8 Å². The molecule has 1 spiro atoms. The number of alkyl halides is 1. The Bertz CT molecular complexity index is 1420. The molecule has 0 bridgehead atoms. The number of nitrogens with one attached hydrogen (secondary N) is 1. The van der Waals surface area contributed by atoms with Crippen molar-refractivity contribution < 1.29 is 33.0 Å². The molecule has 2 aromatic heterocycles. The van der Waals surface area contributed by atoms with Gasteiger partial charge in [0.2, 0.25) is 5.91 Å². The zero-order chi connectivity index (χ0) is 31.3. The molecule has 4 saturated heterocycles. The number of hydrogen-bond donors (Lipinski definition) is 1. The second-order valence-corrected chi connectivity index (χ2v) is 13.5. The highest BCUT2D eigenvalue weighted by Crippen LogP contribution is 2.37. The number of piperidine rings is 1. The summed E-state index contributed by atoms with van der Waals surface area (Å²) < 4.78 is 36.2. The molecule has 0 aliphatic carbocycles. The quantitative estimate of drug-likeness (QED) is 0.541. The monoisotopic (exact) mass is 614 g/mol. The van der Waals surface area contributed by atoms with Crippen LogP contribution in [0.2, 0.25) is 0 Å². The van der Waals surface area contributed by atoms with Crippen molar-refractivity contribution in [1.29, 1.82) is 0 Å². The highest BCUT2D eigenvalue weighted by molar-refractivity contribution is 6.06. The zero-order valence-corrected chi connectivity index (χ0v) is 26.1. The Hall–Kier alpha value is -3.29. The standard InChI is InChI=1S/C31H43FN6O6/c1-5-21-16-38(26-24(21)14-22(15-33-26)37-10-6-25(39)34-27(37)40)23-17-42-31(43-18-23)9-11-35(20-31)19-30(32)7-12-36(13-8-30)28(41)44-29(2,3)4/h14-16,23H,5-13,17-20H2,1-4H3,(H,34,39,40). The maximum Gasteiger partial charge on any atom is 0.410 e. The third-order valence-electron chi connectivity index (χ3n) is 9.05. The lowest BCUT2D eigenvalue weighted by atomic mass is 9.93. The van der Waals surface area contributed by atoms with Crippen LogP contribution >= 0.6 is 0 Å². The Balaban J connectivity index is 1.06. The molecule has 4 fully saturated rings. The first-order chi connectivity index (χ1) is 20.9. The van der Waals surface area contributed by atoms with E-state index >= 15 is 4.39 Å². The minimum absolute atomic E-state index is 0.0866. The largest absolute Gasteiger partial charge is 0.444 e. The zero-order valence-electron chi connectivity index (χ0n) is 26.1. The third-order valence-corrected chi connectivity index (χ3v) is 9.05. The second-order valence-electron chi connectivity index (χ2n) is 13.5. The molecule has 4 aliphatic heterocycles. The predicted molar refractivity (Wildman–Crippen MR) is 160 cm³/mol. The topological polar surface area (TPSA) is 118 Å². The summed E-state index contributed by atoms with van der Waals surface area (Å²) in [7, 11) is 0. The summed E-state index contributed by atoms with van der Waals surface area (Å²) >= 11 is 0. The van der Waals surface area contributed by atoms with Gasteiger partial charge < -0.3 is 23.7 Å². The predicted octanol–water partition coefficient (Wildman–Crippen LogP) is 3.77. The number of urea groups is 1. The van der Waals surface area contributed by atoms with Gasteiger partial charge in [0, 0.05) is 70.0 Å². The van der Waals surface area contributed by atoms with Crippen LogP contribution in [0.15, 0.2) is 18.5 Å². The van der Waals surface area contributed by atoms with Gasteiger partial charge >= 0.3 is 12.1 Å². The Kier molecular flexibility index (Phi) is 8.08. The number of pyridine rings is 1. The summed E-state index contributed by atoms with van der Waals surface area (Å²) in [4.78, 5) is 46.3. The van der Waals surface area contributed by atoms with E-state index < -0.39 is 23.1 Å². The molecule has 0 radical (unpaired) electrons. The second kappa shape index (κ2) is 11.6. The van der Waals surface area contributed by atoms with Gasteiger partial charge in [-0.3, -0.25) is 19.9 Å². The first-order valence-electron chi connectivity index (χ1n) is 15.6. The average molecular weight is 615 g/mol. The number of fused-ring (bicyclic) bond motifs is 1. The molecule has 6 heterocycles. The number of imide groups is 1. The molecule has 0 atom stereocenters. The van der Waals surface area contributed by atoms with Crippen LogP contribution in [0.3, 0.4) is 0 Å². The van der Waals surface area contributed by atoms with Gasteiger partial charge in [0.05, 0.1) is 37.7 Å². The summed E-state index contributed by atoms with van der Waals surface area (Å²) in [5.41, 5.74) is 0.583. The molecule has 13 heteroatoms. The van der Waals surface area contributed by atoms with Crippen LogP contribution in [0.25, 0.3) is 11.0 Å². The SMILES string of the molecule is CCc1cn(C2COC3(CCN(CC4(F)CCN(C(=O)OC(C)(C)C)CC4)C3)OC2)c2ncc(N3CCC(=O)NC3=O)cc12. The molecule has 2 aromatic rings. The van der Waals surface area contributed by atoms with Crippen LogP contribution in [-0.2, 0) is 25.4 Å². The smallest absolute Gasteiger partial charge is 0.410 e. The molecule has 4 amide bonds. The summed E-state index contributed by atoms with van der Waals surface area (Å²) in [5.74, 6) is -1.04. The van der Waals surface area contributed by atoms with Gasteiger partial charge in [0.15, 0.2) is 5.79 Å². The first kappa shape index (κ1) is 30.7. The summed E-state index contributed by atoms with van der Waals surface area (Å²) in [6.45, 7) is 10.9. The molecule has 0 aromatic carbocycles. The molecule has 0 saturated carbocycles. The normalized spacial score (nSPS) is 26.4. The van der Waals surface area contributed by atoms with Crippen LogP contribution in [0.5, 0.6) is 0 Å². The Morgan fingerprint density at radius 1 is 1.14 bits per heavy atom. The molecular formula is C31H43FN6O6. The number of carbonyl (C=O) groups is 3. The van der Waals surface area contributed by atoms with Crippen molar-refractivity contribution in [2.75, 3.05) is 57.4 Å². The minimum Gasteiger partial charge on any atom is -0.444 e. The molecule has 12 nitrogen and oxygen atoms in total. The number of likely N-dealkylation sites (tertiary alicyclic amines) is 2. The van der Waals surface area contributed by atoms with Crippen molar-refractivity contribution in [3.05, 3.63) is 24.0 Å². The van der Waals surface area contributed by atoms with Gasteiger partial charge in [-0.25, -0.2) is 19.0 Å². The van der Waals surface area contributed by atoms with E-state index in [0.717, 1.165) is 23.0 Å². The molecule has 44 heavy (non-hydrogen) atoms. The van der Waals surface area contributed by atoms with Crippen molar-refractivity contribution in [3.63, 3.8) is 0 Å². The number of rotatable bonds is 5. The van der Waals surface area contributed by atoms with Crippen LogP contribution in [-0.4, -0.2) is 107 Å². The van der Waals surface area contributed by atoms with E-state index in [1.54, 1.807) is 16.0 Å². The number of nitrogens with zero attached hydrogens (tertiary/aromatic N) is 5. The van der Waals surface area contributed by atoms with E-state index in [2.05, 4.69) is 27.9 Å². The van der Waals surface area contributed by atoms with E-state index in [9.17, 15) is 14.4 Å². The van der Waals surface area contributed by atoms with E-state index in [1.165, 1.54) is 0 Å². The van der Waals surface area contributed by atoms with Crippen molar-refractivity contribution >= 4 is 34.8 Å². The van der Waals surface area contributed by atoms with Crippen molar-refractivity contribution in [3.8, 4) is 0 Å². The number of aromatic nitrogens is 2. The first-order valence-corrected chi connectivity index (χ1v) is 15.6. The molecule has 0 unspecified atom stereocenters. The van der Waals surface area contributed by atoms with E-state index in [-0.39, 0.29) is 43.8 Å². The van der Waals surface area contributed by atoms with Crippen LogP contribution in [0.1, 0.15) is 65.0 Å². The maximum absolute atomic E-state index is 15.9. The Morgan fingerprint density at radius 2 is 1.86 bits per heavy atom. The number of hydrogen-bond acceptors (Lipinski definition) is 8. The fourth-order valence-corrected chi connectivity index (χ4v) is 6.63. The minimum atomic E-state index is -1.38. The van der Waals surface area contributed by atoms with Crippen LogP contribution < -0.4 is 10.2 Å². The number of aryl methyl sites for hydroxylation is 1. The van der Waals surface area contributed by atoms with Gasteiger partial charge in [-0.1, -0.05) is 6.92 Å². The van der Waals surface area contributed by atoms with Gasteiger partial charge in [0.1, 0.15) is 16.9 Å². The lowest BCUT2D eigenvalue weighted by Crippen LogP contribution is -2.51. The Morgan fingerprint density at radius 3 is 2.52 bits per heavy atom. The molecular weight excluding hydrogens is 571 g/mol. The van der Waals surface area contributed by atoms with Gasteiger partial charge in [0.25, 0.3) is 0 Å². The van der Waals surface area contributed by atoms with Crippen molar-refractivity contribution in [2.24, 2.45) is 0 Å². The van der Waals surface area contributed by atoms with Crippen LogP contribution in [0.4, 0.5) is 19.7 Å². The van der Waals surface area contributed by atoms with Crippen LogP contribution in [0, 0.1) is 0 Å². The van der Waals surface area contributed by atoms with Gasteiger partial charge in [-0.15, -0.1) is 0 Å². The number of carbonyl (C=O) groups excluding carboxylic acids is 3. The fourth-order valence-electron chi connectivity index (χ4n) is 6.63. The molecule has 6 rings (SSSR count). The van der Waals surface area contributed by atoms with Crippen molar-refractivity contribution in [2.45, 2.75) is 82.9 Å². The number of halogens is 1. The maximum atomic E-state index is 15.9.